The van der Waals surface area contributed by atoms with E-state index in [0.717, 1.165) is 34.8 Å². The van der Waals surface area contributed by atoms with Gasteiger partial charge in [0.25, 0.3) is 0 Å². The number of hydrogen-bond acceptors (Lipinski definition) is 1. The van der Waals surface area contributed by atoms with Crippen LogP contribution in [0.1, 0.15) is 18.9 Å². The van der Waals surface area contributed by atoms with Gasteiger partial charge >= 0.3 is 0 Å². The van der Waals surface area contributed by atoms with E-state index in [4.69, 9.17) is 0 Å². The first-order valence-electron chi connectivity index (χ1n) is 5.79. The standard InChI is InChI=1S/C13H13BrN2O/c14-10-3-4-11-9(8-10)5-7-16(11)12-2-1-6-15-13(12)17/h3-5,7-8,12H,1-2,6H2,(H,15,17). The van der Waals surface area contributed by atoms with Crippen molar-refractivity contribution in [3.63, 3.8) is 0 Å². The average Bonchev–Trinajstić information content (AvgIpc) is 2.72. The van der Waals surface area contributed by atoms with E-state index in [9.17, 15) is 4.79 Å². The maximum absolute atomic E-state index is 11.9. The molecule has 2 aromatic rings. The van der Waals surface area contributed by atoms with Crippen molar-refractivity contribution in [1.29, 1.82) is 0 Å². The summed E-state index contributed by atoms with van der Waals surface area (Å²) in [6.07, 6.45) is 3.98. The van der Waals surface area contributed by atoms with Gasteiger partial charge in [-0.05, 0) is 37.1 Å². The summed E-state index contributed by atoms with van der Waals surface area (Å²) in [4.78, 5) is 11.9. The van der Waals surface area contributed by atoms with Gasteiger partial charge in [-0.1, -0.05) is 15.9 Å². The van der Waals surface area contributed by atoms with Gasteiger partial charge in [0.2, 0.25) is 5.91 Å². The van der Waals surface area contributed by atoms with Gasteiger partial charge in [0.1, 0.15) is 6.04 Å². The largest absolute Gasteiger partial charge is 0.354 e. The van der Waals surface area contributed by atoms with Crippen LogP contribution in [0.2, 0.25) is 0 Å². The Labute approximate surface area is 108 Å². The molecular formula is C13H13BrN2O. The molecule has 1 amide bonds. The molecule has 1 aliphatic heterocycles. The molecule has 2 heterocycles. The van der Waals surface area contributed by atoms with E-state index in [1.54, 1.807) is 0 Å². The smallest absolute Gasteiger partial charge is 0.243 e. The van der Waals surface area contributed by atoms with Gasteiger partial charge in [-0.3, -0.25) is 4.79 Å². The van der Waals surface area contributed by atoms with Gasteiger partial charge in [0.15, 0.2) is 0 Å². The predicted octanol–water partition coefficient (Wildman–Crippen LogP) is 2.85. The normalized spacial score (nSPS) is 20.5. The molecule has 0 saturated carbocycles. The fourth-order valence-corrected chi connectivity index (χ4v) is 2.81. The minimum absolute atomic E-state index is 0.0533. The first-order valence-corrected chi connectivity index (χ1v) is 6.59. The molecule has 1 saturated heterocycles. The Balaban J connectivity index is 2.08. The molecule has 3 rings (SSSR count). The molecule has 3 nitrogen and oxygen atoms in total. The molecule has 4 heteroatoms. The molecule has 0 radical (unpaired) electrons. The quantitative estimate of drug-likeness (QED) is 0.862. The summed E-state index contributed by atoms with van der Waals surface area (Å²) in [6.45, 7) is 0.806. The number of aromatic nitrogens is 1. The van der Waals surface area contributed by atoms with Crippen molar-refractivity contribution >= 4 is 32.7 Å². The molecule has 1 unspecified atom stereocenters. The van der Waals surface area contributed by atoms with E-state index in [0.29, 0.717) is 0 Å². The van der Waals surface area contributed by atoms with Gasteiger partial charge < -0.3 is 9.88 Å². The molecule has 1 aromatic heterocycles. The number of hydrogen-bond donors (Lipinski definition) is 1. The highest BCUT2D eigenvalue weighted by Crippen LogP contribution is 2.26. The molecular weight excluding hydrogens is 280 g/mol. The second-order valence-corrected chi connectivity index (χ2v) is 5.29. The van der Waals surface area contributed by atoms with Crippen molar-refractivity contribution in [3.8, 4) is 0 Å². The lowest BCUT2D eigenvalue weighted by Gasteiger charge is -2.24. The molecule has 1 N–H and O–H groups in total. The minimum atomic E-state index is -0.0533. The van der Waals surface area contributed by atoms with Crippen LogP contribution in [0.4, 0.5) is 0 Å². The zero-order valence-corrected chi connectivity index (χ0v) is 10.9. The number of piperidine rings is 1. The Hall–Kier alpha value is -1.29. The van der Waals surface area contributed by atoms with Crippen molar-refractivity contribution < 1.29 is 4.79 Å². The third-order valence-corrected chi connectivity index (χ3v) is 3.77. The van der Waals surface area contributed by atoms with Gasteiger partial charge in [0, 0.05) is 28.1 Å². The number of nitrogens with zero attached hydrogens (tertiary/aromatic N) is 1. The summed E-state index contributed by atoms with van der Waals surface area (Å²) in [5.74, 6) is 0.136. The Morgan fingerprint density at radius 1 is 1.35 bits per heavy atom. The second-order valence-electron chi connectivity index (χ2n) is 4.38. The zero-order valence-electron chi connectivity index (χ0n) is 9.32. The summed E-state index contributed by atoms with van der Waals surface area (Å²) in [5, 5.41) is 4.09. The van der Waals surface area contributed by atoms with Crippen molar-refractivity contribution in [2.75, 3.05) is 6.54 Å². The Morgan fingerprint density at radius 3 is 3.06 bits per heavy atom. The van der Waals surface area contributed by atoms with Crippen molar-refractivity contribution in [3.05, 3.63) is 34.9 Å². The number of carbonyl (C=O) groups excluding carboxylic acids is 1. The van der Waals surface area contributed by atoms with E-state index >= 15 is 0 Å². The lowest BCUT2D eigenvalue weighted by Crippen LogP contribution is -2.37. The summed E-state index contributed by atoms with van der Waals surface area (Å²) >= 11 is 3.46. The highest BCUT2D eigenvalue weighted by Gasteiger charge is 2.24. The second kappa shape index (κ2) is 4.18. The van der Waals surface area contributed by atoms with Crippen molar-refractivity contribution in [1.82, 2.24) is 9.88 Å². The maximum Gasteiger partial charge on any atom is 0.243 e. The molecule has 1 atom stereocenters. The minimum Gasteiger partial charge on any atom is -0.354 e. The first-order chi connectivity index (χ1) is 8.25. The topological polar surface area (TPSA) is 34.0 Å². The highest BCUT2D eigenvalue weighted by molar-refractivity contribution is 9.10. The fourth-order valence-electron chi connectivity index (χ4n) is 2.43. The number of carbonyl (C=O) groups is 1. The van der Waals surface area contributed by atoms with Crippen LogP contribution in [0.3, 0.4) is 0 Å². The number of rotatable bonds is 1. The molecule has 0 bridgehead atoms. The van der Waals surface area contributed by atoms with Crippen LogP contribution in [0, 0.1) is 0 Å². The number of fused-ring (bicyclic) bond motifs is 1. The van der Waals surface area contributed by atoms with Gasteiger partial charge in [0.05, 0.1) is 0 Å². The molecule has 0 aliphatic carbocycles. The van der Waals surface area contributed by atoms with E-state index < -0.39 is 0 Å². The molecule has 1 aromatic carbocycles. The van der Waals surface area contributed by atoms with Crippen LogP contribution in [0.25, 0.3) is 10.9 Å². The lowest BCUT2D eigenvalue weighted by atomic mass is 10.1. The lowest BCUT2D eigenvalue weighted by molar-refractivity contribution is -0.125. The van der Waals surface area contributed by atoms with Crippen LogP contribution < -0.4 is 5.32 Å². The molecule has 1 fully saturated rings. The van der Waals surface area contributed by atoms with Crippen molar-refractivity contribution in [2.24, 2.45) is 0 Å². The first kappa shape index (κ1) is 10.8. The summed E-state index contributed by atoms with van der Waals surface area (Å²) in [5.41, 5.74) is 1.12. The van der Waals surface area contributed by atoms with Gasteiger partial charge in [-0.25, -0.2) is 0 Å². The highest BCUT2D eigenvalue weighted by atomic mass is 79.9. The molecule has 1 aliphatic rings. The number of benzene rings is 1. The number of amides is 1. The Morgan fingerprint density at radius 2 is 2.24 bits per heavy atom. The SMILES string of the molecule is O=C1NCCCC1n1ccc2cc(Br)ccc21. The molecule has 88 valence electrons. The van der Waals surface area contributed by atoms with Crippen LogP contribution in [0.15, 0.2) is 34.9 Å². The van der Waals surface area contributed by atoms with E-state index in [-0.39, 0.29) is 11.9 Å². The van der Waals surface area contributed by atoms with E-state index in [1.165, 1.54) is 0 Å². The summed E-state index contributed by atoms with van der Waals surface area (Å²) < 4.78 is 3.15. The van der Waals surface area contributed by atoms with Gasteiger partial charge in [-0.15, -0.1) is 0 Å². The Bertz CT molecular complexity index is 576. The van der Waals surface area contributed by atoms with E-state index in [1.807, 2.05) is 12.3 Å². The monoisotopic (exact) mass is 292 g/mol. The van der Waals surface area contributed by atoms with Gasteiger partial charge in [-0.2, -0.15) is 0 Å². The fraction of sp³-hybridized carbons (Fsp3) is 0.308. The van der Waals surface area contributed by atoms with Crippen LogP contribution in [0.5, 0.6) is 0 Å². The Kier molecular flexibility index (Phi) is 2.67. The third-order valence-electron chi connectivity index (χ3n) is 3.27. The summed E-state index contributed by atoms with van der Waals surface area (Å²) in [7, 11) is 0. The van der Waals surface area contributed by atoms with E-state index in [2.05, 4.69) is 44.0 Å². The predicted molar refractivity (Wildman–Crippen MR) is 70.9 cm³/mol. The maximum atomic E-state index is 11.9. The van der Waals surface area contributed by atoms with Crippen LogP contribution >= 0.6 is 15.9 Å². The molecule has 17 heavy (non-hydrogen) atoms. The number of halogens is 1. The third kappa shape index (κ3) is 1.86. The summed E-state index contributed by atoms with van der Waals surface area (Å²) in [6, 6.07) is 8.15. The zero-order chi connectivity index (χ0) is 11.8. The van der Waals surface area contributed by atoms with Crippen molar-refractivity contribution in [2.45, 2.75) is 18.9 Å². The number of nitrogens with one attached hydrogen (secondary N) is 1. The average molecular weight is 293 g/mol. The van der Waals surface area contributed by atoms with Crippen LogP contribution in [-0.4, -0.2) is 17.0 Å². The van der Waals surface area contributed by atoms with Crippen LogP contribution in [-0.2, 0) is 4.79 Å². The molecule has 0 spiro atoms.